The van der Waals surface area contributed by atoms with Gasteiger partial charge in [0.15, 0.2) is 11.5 Å². The number of rotatable bonds is 3. The molecule has 0 spiro atoms. The summed E-state index contributed by atoms with van der Waals surface area (Å²) in [6.45, 7) is 2.08. The Bertz CT molecular complexity index is 688. The number of nitrogens with one attached hydrogen (secondary N) is 2. The fourth-order valence-electron chi connectivity index (χ4n) is 2.16. The van der Waals surface area contributed by atoms with E-state index < -0.39 is 0 Å². The van der Waals surface area contributed by atoms with Crippen LogP contribution in [0.2, 0.25) is 0 Å². The summed E-state index contributed by atoms with van der Waals surface area (Å²) in [5, 5.41) is 5.46. The van der Waals surface area contributed by atoms with Gasteiger partial charge in [-0.05, 0) is 48.9 Å². The molecule has 6 heteroatoms. The van der Waals surface area contributed by atoms with Crippen molar-refractivity contribution in [2.45, 2.75) is 13.0 Å². The molecule has 1 aliphatic rings. The first kappa shape index (κ1) is 14.2. The summed E-state index contributed by atoms with van der Waals surface area (Å²) in [6.07, 6.45) is 0. The highest BCUT2D eigenvalue weighted by molar-refractivity contribution is 5.89. The molecule has 22 heavy (non-hydrogen) atoms. The van der Waals surface area contributed by atoms with Gasteiger partial charge in [-0.25, -0.2) is 9.18 Å². The zero-order valence-corrected chi connectivity index (χ0v) is 11.9. The predicted molar refractivity (Wildman–Crippen MR) is 79.5 cm³/mol. The first-order chi connectivity index (χ1) is 10.6. The second-order valence-electron chi connectivity index (χ2n) is 4.94. The van der Waals surface area contributed by atoms with Gasteiger partial charge < -0.3 is 20.1 Å². The van der Waals surface area contributed by atoms with Gasteiger partial charge in [-0.1, -0.05) is 6.07 Å². The lowest BCUT2D eigenvalue weighted by molar-refractivity contribution is 0.174. The van der Waals surface area contributed by atoms with Gasteiger partial charge in [-0.15, -0.1) is 0 Å². The Hall–Kier alpha value is -2.76. The molecule has 2 amide bonds. The fraction of sp³-hybridized carbons (Fsp3) is 0.188. The van der Waals surface area contributed by atoms with Gasteiger partial charge in [0.25, 0.3) is 0 Å². The Morgan fingerprint density at radius 1 is 1.14 bits per heavy atom. The number of carbonyl (C=O) groups excluding carboxylic acids is 1. The summed E-state index contributed by atoms with van der Waals surface area (Å²) in [5.74, 6) is 1.02. The number of hydrogen-bond acceptors (Lipinski definition) is 3. The third-order valence-electron chi connectivity index (χ3n) is 3.35. The summed E-state index contributed by atoms with van der Waals surface area (Å²) in [5.41, 5.74) is 1.43. The van der Waals surface area contributed by atoms with Crippen LogP contribution in [0.1, 0.15) is 18.5 Å². The van der Waals surface area contributed by atoms with Gasteiger partial charge in [0, 0.05) is 5.69 Å². The van der Waals surface area contributed by atoms with Crippen LogP contribution in [-0.4, -0.2) is 12.8 Å². The van der Waals surface area contributed by atoms with Crippen LogP contribution < -0.4 is 20.1 Å². The average molecular weight is 302 g/mol. The summed E-state index contributed by atoms with van der Waals surface area (Å²) in [7, 11) is 0. The van der Waals surface area contributed by atoms with Gasteiger partial charge >= 0.3 is 6.03 Å². The standard InChI is InChI=1S/C16H15FN2O3/c1-10(11-2-7-14-15(8-11)22-9-21-14)18-16(20)19-13-5-3-12(17)4-6-13/h2-8,10H,9H2,1H3,(H2,18,19,20)/t10-/m1/s1. The van der Waals surface area contributed by atoms with Gasteiger partial charge in [0.05, 0.1) is 6.04 Å². The van der Waals surface area contributed by atoms with Crippen LogP contribution in [0.25, 0.3) is 0 Å². The highest BCUT2D eigenvalue weighted by Crippen LogP contribution is 2.34. The van der Waals surface area contributed by atoms with Crippen molar-refractivity contribution in [3.8, 4) is 11.5 Å². The van der Waals surface area contributed by atoms with Gasteiger partial charge in [-0.2, -0.15) is 0 Å². The normalized spacial score (nSPS) is 13.5. The minimum absolute atomic E-state index is 0.213. The highest BCUT2D eigenvalue weighted by atomic mass is 19.1. The zero-order chi connectivity index (χ0) is 15.5. The molecule has 0 aliphatic carbocycles. The maximum atomic E-state index is 12.8. The number of amides is 2. The predicted octanol–water partition coefficient (Wildman–Crippen LogP) is 3.44. The van der Waals surface area contributed by atoms with Crippen LogP contribution >= 0.6 is 0 Å². The second-order valence-corrected chi connectivity index (χ2v) is 4.94. The number of fused-ring (bicyclic) bond motifs is 1. The van der Waals surface area contributed by atoms with Crippen molar-refractivity contribution in [2.75, 3.05) is 12.1 Å². The molecule has 0 aromatic heterocycles. The topological polar surface area (TPSA) is 59.6 Å². The van der Waals surface area contributed by atoms with Crippen molar-refractivity contribution >= 4 is 11.7 Å². The highest BCUT2D eigenvalue weighted by Gasteiger charge is 2.16. The molecule has 0 unspecified atom stereocenters. The number of benzene rings is 2. The van der Waals surface area contributed by atoms with E-state index in [1.165, 1.54) is 24.3 Å². The van der Waals surface area contributed by atoms with Gasteiger partial charge in [-0.3, -0.25) is 0 Å². The van der Waals surface area contributed by atoms with E-state index >= 15 is 0 Å². The second kappa shape index (κ2) is 5.93. The van der Waals surface area contributed by atoms with Gasteiger partial charge in [0.2, 0.25) is 6.79 Å². The number of hydrogen-bond donors (Lipinski definition) is 2. The molecule has 114 valence electrons. The van der Waals surface area contributed by atoms with Crippen LogP contribution in [-0.2, 0) is 0 Å². The van der Waals surface area contributed by atoms with Crippen molar-refractivity contribution in [2.24, 2.45) is 0 Å². The minimum Gasteiger partial charge on any atom is -0.454 e. The number of carbonyl (C=O) groups is 1. The first-order valence-electron chi connectivity index (χ1n) is 6.84. The van der Waals surface area contributed by atoms with Crippen LogP contribution in [0.3, 0.4) is 0 Å². The van der Waals surface area contributed by atoms with E-state index in [1.54, 1.807) is 0 Å². The summed E-state index contributed by atoms with van der Waals surface area (Å²) in [4.78, 5) is 11.9. The van der Waals surface area contributed by atoms with Crippen LogP contribution in [0.4, 0.5) is 14.9 Å². The molecule has 5 nitrogen and oxygen atoms in total. The lowest BCUT2D eigenvalue weighted by Crippen LogP contribution is -2.31. The Balaban J connectivity index is 1.62. The molecule has 0 fully saturated rings. The molecule has 0 saturated heterocycles. The number of halogens is 1. The van der Waals surface area contributed by atoms with Crippen molar-refractivity contribution in [3.63, 3.8) is 0 Å². The van der Waals surface area contributed by atoms with Crippen molar-refractivity contribution in [1.29, 1.82) is 0 Å². The molecule has 1 heterocycles. The Morgan fingerprint density at radius 2 is 1.86 bits per heavy atom. The molecule has 1 atom stereocenters. The number of anilines is 1. The van der Waals surface area contributed by atoms with Crippen LogP contribution in [0.5, 0.6) is 11.5 Å². The molecule has 2 aromatic carbocycles. The van der Waals surface area contributed by atoms with E-state index in [1.807, 2.05) is 25.1 Å². The molecule has 2 N–H and O–H groups in total. The molecular formula is C16H15FN2O3. The summed E-state index contributed by atoms with van der Waals surface area (Å²) >= 11 is 0. The maximum Gasteiger partial charge on any atom is 0.319 e. The Kier molecular flexibility index (Phi) is 3.82. The zero-order valence-electron chi connectivity index (χ0n) is 11.9. The Labute approximate surface area is 127 Å². The maximum absolute atomic E-state index is 12.8. The van der Waals surface area contributed by atoms with Crippen molar-refractivity contribution in [3.05, 3.63) is 53.8 Å². The SMILES string of the molecule is C[C@@H](NC(=O)Nc1ccc(F)cc1)c1ccc2c(c1)OCO2. The molecule has 2 aromatic rings. The largest absolute Gasteiger partial charge is 0.454 e. The lowest BCUT2D eigenvalue weighted by Gasteiger charge is -2.15. The van der Waals surface area contributed by atoms with Crippen LogP contribution in [0, 0.1) is 5.82 Å². The number of ether oxygens (including phenoxy) is 2. The fourth-order valence-corrected chi connectivity index (χ4v) is 2.16. The molecule has 0 bridgehead atoms. The lowest BCUT2D eigenvalue weighted by atomic mass is 10.1. The molecule has 0 saturated carbocycles. The minimum atomic E-state index is -0.364. The van der Waals surface area contributed by atoms with Crippen molar-refractivity contribution in [1.82, 2.24) is 5.32 Å². The monoisotopic (exact) mass is 302 g/mol. The third-order valence-corrected chi connectivity index (χ3v) is 3.35. The summed E-state index contributed by atoms with van der Waals surface area (Å²) in [6, 6.07) is 10.5. The van der Waals surface area contributed by atoms with E-state index in [0.717, 1.165) is 5.56 Å². The van der Waals surface area contributed by atoms with Gasteiger partial charge in [0.1, 0.15) is 5.82 Å². The van der Waals surface area contributed by atoms with E-state index in [9.17, 15) is 9.18 Å². The first-order valence-corrected chi connectivity index (χ1v) is 6.84. The third kappa shape index (κ3) is 3.11. The van der Waals surface area contributed by atoms with E-state index in [2.05, 4.69) is 10.6 Å². The molecule has 3 rings (SSSR count). The van der Waals surface area contributed by atoms with E-state index in [-0.39, 0.29) is 24.7 Å². The quantitative estimate of drug-likeness (QED) is 0.913. The van der Waals surface area contributed by atoms with E-state index in [4.69, 9.17) is 9.47 Å². The van der Waals surface area contributed by atoms with Crippen LogP contribution in [0.15, 0.2) is 42.5 Å². The smallest absolute Gasteiger partial charge is 0.319 e. The molecule has 0 radical (unpaired) electrons. The summed E-state index contributed by atoms with van der Waals surface area (Å²) < 4.78 is 23.4. The van der Waals surface area contributed by atoms with E-state index in [0.29, 0.717) is 17.2 Å². The number of urea groups is 1. The molecule has 1 aliphatic heterocycles. The average Bonchev–Trinajstić information content (AvgIpc) is 2.97. The molecular weight excluding hydrogens is 287 g/mol. The van der Waals surface area contributed by atoms with Crippen molar-refractivity contribution < 1.29 is 18.7 Å². The Morgan fingerprint density at radius 3 is 2.64 bits per heavy atom.